The summed E-state index contributed by atoms with van der Waals surface area (Å²) in [7, 11) is 1.69. The van der Waals surface area contributed by atoms with E-state index in [2.05, 4.69) is 137 Å². The third-order valence-electron chi connectivity index (χ3n) is 15.7. The molecule has 432 valence electrons. The molecule has 1 spiro atoms. The molecule has 2 aliphatic heterocycles. The van der Waals surface area contributed by atoms with Crippen molar-refractivity contribution < 1.29 is 23.3 Å². The number of pyridine rings is 1. The number of hydrogen-bond donors (Lipinski definition) is 2. The van der Waals surface area contributed by atoms with Crippen LogP contribution in [0.3, 0.4) is 0 Å². The maximum Gasteiger partial charge on any atom is 0.273 e. The van der Waals surface area contributed by atoms with E-state index in [1.807, 2.05) is 33.8 Å². The van der Waals surface area contributed by atoms with Crippen LogP contribution in [0, 0.1) is 32.5 Å². The molecule has 3 heterocycles. The van der Waals surface area contributed by atoms with Crippen molar-refractivity contribution in [3.05, 3.63) is 142 Å². The summed E-state index contributed by atoms with van der Waals surface area (Å²) in [4.78, 5) is 47.0. The van der Waals surface area contributed by atoms with Crippen molar-refractivity contribution in [2.24, 2.45) is 5.92 Å². The number of carbonyl (C=O) groups is 3. The summed E-state index contributed by atoms with van der Waals surface area (Å²) in [5, 5.41) is 2.96. The Labute approximate surface area is 472 Å². The van der Waals surface area contributed by atoms with Crippen LogP contribution >= 0.6 is 0 Å². The van der Waals surface area contributed by atoms with E-state index in [1.54, 1.807) is 26.2 Å². The van der Waals surface area contributed by atoms with E-state index in [1.165, 1.54) is 100 Å². The van der Waals surface area contributed by atoms with Crippen molar-refractivity contribution in [3.63, 3.8) is 0 Å². The smallest absolute Gasteiger partial charge is 0.273 e. The Morgan fingerprint density at radius 2 is 1.55 bits per heavy atom. The van der Waals surface area contributed by atoms with Crippen molar-refractivity contribution in [3.8, 4) is 0 Å². The first kappa shape index (κ1) is 68.6. The van der Waals surface area contributed by atoms with E-state index in [0.29, 0.717) is 36.2 Å². The fraction of sp³-hybridized carbons (Fsp3) is 0.552. The molecule has 3 unspecified atom stereocenters. The van der Waals surface area contributed by atoms with Gasteiger partial charge in [-0.3, -0.25) is 24.3 Å². The number of benzene rings is 2. The first-order valence-corrected chi connectivity index (χ1v) is 29.3. The van der Waals surface area contributed by atoms with Crippen LogP contribution in [0.15, 0.2) is 91.5 Å². The molecule has 1 fully saturated rings. The Bertz CT molecular complexity index is 2480. The highest BCUT2D eigenvalue weighted by Crippen LogP contribution is 2.62. The Morgan fingerprint density at radius 1 is 0.910 bits per heavy atom. The highest BCUT2D eigenvalue weighted by Gasteiger charge is 2.56. The second-order valence-corrected chi connectivity index (χ2v) is 21.3. The SMILES string of the molecule is C=C.C=C1N(C(CCC)C(C)=O)c2ccc(C)cc2C12CC2.CC.CCCC(CCC)CN(CCC)C(C)CC.CN/C(=C/C(=O)NF)Cc1ccnc(C)c1/C=C(\C)C(C)N1CC=C(c2c(C)cc(C(C)=O)cc2F)CC1. The van der Waals surface area contributed by atoms with E-state index >= 15 is 0 Å². The van der Waals surface area contributed by atoms with Crippen molar-refractivity contribution in [1.82, 2.24) is 25.6 Å². The predicted molar refractivity (Wildman–Crippen MR) is 328 cm³/mol. The Morgan fingerprint density at radius 3 is 2.05 bits per heavy atom. The molecule has 1 amide bonds. The lowest BCUT2D eigenvalue weighted by atomic mass is 9.92. The van der Waals surface area contributed by atoms with E-state index in [-0.39, 0.29) is 34.9 Å². The standard InChI is InChI=1S/C30H36F2N4O2.C18H23NO.C15H33N.C2H6.C2H4/c1-18(14-27-20(3)34-10-7-24(27)15-26(33-6)17-29(38)35-32)21(4)36-11-8-23(9-12-36)30-19(2)13-25(22(5)37)16-28(30)31;1-5-6-16(13(3)20)19-14(4)18(9-10-18)15-11-12(2)7-8-17(15)19;1-6-10-15(11-7-2)13-16(12-8-3)14(5)9-4;2*1-2/h7-8,10,13-14,16-17,21,33H,9,11-12,15H2,1-6H3,(H,35,38);7-8,11,16H,4-6,9-10H2,1-3H3;14-15H,6-13H2,1-5H3;1-2H3;1-2H2/b18-14+,26-17+;;;;. The lowest BCUT2D eigenvalue weighted by Crippen LogP contribution is -2.38. The quantitative estimate of drug-likeness (QED) is 0.0419. The van der Waals surface area contributed by atoms with Crippen LogP contribution in [0.2, 0.25) is 0 Å². The normalized spacial score (nSPS) is 15.7. The average Bonchev–Trinajstić information content (AvgIpc) is 4.26. The molecule has 1 aliphatic carbocycles. The maximum atomic E-state index is 14.9. The van der Waals surface area contributed by atoms with Gasteiger partial charge in [-0.2, -0.15) is 5.54 Å². The summed E-state index contributed by atoms with van der Waals surface area (Å²) in [5.41, 5.74) is 13.6. The number of likely N-dealkylation sites (N-methyl/N-ethyl adjacent to an activating group) is 1. The molecule has 2 N–H and O–H groups in total. The number of aryl methyl sites for hydroxylation is 3. The van der Waals surface area contributed by atoms with Crippen molar-refractivity contribution in [2.75, 3.05) is 38.1 Å². The summed E-state index contributed by atoms with van der Waals surface area (Å²) in [6, 6.07) is 12.4. The summed E-state index contributed by atoms with van der Waals surface area (Å²) < 4.78 is 27.4. The average molecular weight is 1080 g/mol. The van der Waals surface area contributed by atoms with Gasteiger partial charge in [0.2, 0.25) is 0 Å². The van der Waals surface area contributed by atoms with Gasteiger partial charge in [-0.15, -0.1) is 13.2 Å². The van der Waals surface area contributed by atoms with E-state index in [9.17, 15) is 23.3 Å². The molecule has 1 saturated carbocycles. The van der Waals surface area contributed by atoms with E-state index in [0.717, 1.165) is 76.1 Å². The van der Waals surface area contributed by atoms with Gasteiger partial charge in [0.15, 0.2) is 11.6 Å². The zero-order chi connectivity index (χ0) is 58.9. The molecular formula is C67H102F2N6O3. The first-order valence-electron chi connectivity index (χ1n) is 29.3. The summed E-state index contributed by atoms with van der Waals surface area (Å²) in [6.07, 6.45) is 20.6. The molecule has 78 heavy (non-hydrogen) atoms. The number of rotatable bonds is 23. The van der Waals surface area contributed by atoms with Gasteiger partial charge in [0.1, 0.15) is 5.82 Å². The third-order valence-corrected chi connectivity index (χ3v) is 15.7. The lowest BCUT2D eigenvalue weighted by Gasteiger charge is -2.33. The van der Waals surface area contributed by atoms with Gasteiger partial charge in [-0.1, -0.05) is 114 Å². The number of Topliss-reactive ketones (excluding diaryl/α,β-unsaturated/α-hetero) is 2. The molecule has 0 saturated heterocycles. The highest BCUT2D eigenvalue weighted by atomic mass is 19.2. The molecule has 2 aromatic carbocycles. The Hall–Kier alpha value is -5.52. The van der Waals surface area contributed by atoms with E-state index in [4.69, 9.17) is 0 Å². The van der Waals surface area contributed by atoms with Crippen LogP contribution in [0.25, 0.3) is 11.6 Å². The second-order valence-electron chi connectivity index (χ2n) is 21.3. The molecule has 1 aromatic heterocycles. The fourth-order valence-electron chi connectivity index (χ4n) is 11.0. The van der Waals surface area contributed by atoms with Gasteiger partial charge < -0.3 is 15.1 Å². The highest BCUT2D eigenvalue weighted by molar-refractivity contribution is 5.95. The summed E-state index contributed by atoms with van der Waals surface area (Å²) in [5.74, 6) is -0.135. The van der Waals surface area contributed by atoms with Crippen molar-refractivity contribution >= 4 is 34.8 Å². The lowest BCUT2D eigenvalue weighted by molar-refractivity contribution is -0.120. The molecule has 3 atom stereocenters. The van der Waals surface area contributed by atoms with Crippen LogP contribution in [0.1, 0.15) is 203 Å². The van der Waals surface area contributed by atoms with Crippen LogP contribution in [0.4, 0.5) is 14.6 Å². The van der Waals surface area contributed by atoms with Gasteiger partial charge in [0, 0.05) is 96.8 Å². The minimum Gasteiger partial charge on any atom is -0.391 e. The molecule has 6 rings (SSSR count). The zero-order valence-electron chi connectivity index (χ0n) is 51.3. The fourth-order valence-corrected chi connectivity index (χ4v) is 11.0. The van der Waals surface area contributed by atoms with Gasteiger partial charge in [-0.25, -0.2) is 4.39 Å². The van der Waals surface area contributed by atoms with Crippen molar-refractivity contribution in [2.45, 2.75) is 204 Å². The molecule has 3 aliphatic rings. The van der Waals surface area contributed by atoms with Gasteiger partial charge in [-0.05, 0) is 171 Å². The van der Waals surface area contributed by atoms with Crippen molar-refractivity contribution in [1.29, 1.82) is 0 Å². The number of nitrogens with one attached hydrogen (secondary N) is 2. The minimum atomic E-state index is -0.815. The second kappa shape index (κ2) is 34.5. The number of hydrogen-bond acceptors (Lipinski definition) is 8. The molecule has 3 aromatic rings. The number of allylic oxidation sites excluding steroid dienone is 2. The summed E-state index contributed by atoms with van der Waals surface area (Å²) in [6.45, 7) is 45.5. The molecule has 9 nitrogen and oxygen atoms in total. The number of nitrogens with zero attached hydrogens (tertiary/aromatic N) is 4. The number of fused-ring (bicyclic) bond motifs is 2. The first-order chi connectivity index (χ1) is 37.2. The van der Waals surface area contributed by atoms with Crippen LogP contribution in [0.5, 0.6) is 0 Å². The Kier molecular flexibility index (Phi) is 30.3. The molecule has 11 heteroatoms. The monoisotopic (exact) mass is 1080 g/mol. The van der Waals surface area contributed by atoms with E-state index < -0.39 is 5.91 Å². The predicted octanol–water partition coefficient (Wildman–Crippen LogP) is 15.9. The van der Waals surface area contributed by atoms with Crippen LogP contribution in [-0.2, 0) is 21.4 Å². The molecule has 0 radical (unpaired) electrons. The third kappa shape index (κ3) is 18.8. The number of amides is 1. The van der Waals surface area contributed by atoms with Gasteiger partial charge in [0.25, 0.3) is 5.91 Å². The van der Waals surface area contributed by atoms with Crippen LogP contribution < -0.4 is 15.8 Å². The molecular weight excluding hydrogens is 975 g/mol. The maximum absolute atomic E-state index is 14.9. The Balaban J connectivity index is 0.000000434. The molecule has 0 bridgehead atoms. The number of anilines is 1. The van der Waals surface area contributed by atoms with Gasteiger partial charge in [0.05, 0.1) is 6.04 Å². The number of aromatic nitrogens is 1. The van der Waals surface area contributed by atoms with Crippen LogP contribution in [-0.4, -0.2) is 83.6 Å². The minimum absolute atomic E-state index is 0.0473. The zero-order valence-corrected chi connectivity index (χ0v) is 51.3. The largest absolute Gasteiger partial charge is 0.391 e. The number of halogens is 2. The number of ketones is 2. The topological polar surface area (TPSA) is 97.9 Å². The number of carbonyl (C=O) groups excluding carboxylic acids is 3. The summed E-state index contributed by atoms with van der Waals surface area (Å²) >= 11 is 0. The van der Waals surface area contributed by atoms with Gasteiger partial charge >= 0.3 is 0 Å².